The van der Waals surface area contributed by atoms with Gasteiger partial charge in [0, 0.05) is 49.9 Å². The number of hydrogen-bond acceptors (Lipinski definition) is 6. The van der Waals surface area contributed by atoms with E-state index in [1.54, 1.807) is 13.3 Å². The van der Waals surface area contributed by atoms with Crippen LogP contribution >= 0.6 is 0 Å². The van der Waals surface area contributed by atoms with Crippen LogP contribution in [0.2, 0.25) is 0 Å². The summed E-state index contributed by atoms with van der Waals surface area (Å²) in [6.07, 6.45) is 10.5. The zero-order chi connectivity index (χ0) is 23.2. The Balaban J connectivity index is 1.47. The van der Waals surface area contributed by atoms with Crippen LogP contribution in [0.4, 0.5) is 5.82 Å². The Morgan fingerprint density at radius 2 is 2.06 bits per heavy atom. The minimum Gasteiger partial charge on any atom is -0.355 e. The lowest BCUT2D eigenvalue weighted by Crippen LogP contribution is -2.44. The number of piperidine rings is 1. The van der Waals surface area contributed by atoms with Crippen LogP contribution in [0.3, 0.4) is 0 Å². The highest BCUT2D eigenvalue weighted by molar-refractivity contribution is 5.91. The van der Waals surface area contributed by atoms with E-state index in [1.165, 1.54) is 11.3 Å². The molecule has 3 aromatic heterocycles. The summed E-state index contributed by atoms with van der Waals surface area (Å²) in [6, 6.07) is 6.24. The van der Waals surface area contributed by atoms with Crippen molar-refractivity contribution in [1.29, 1.82) is 0 Å². The summed E-state index contributed by atoms with van der Waals surface area (Å²) in [6.45, 7) is 10.0. The highest BCUT2D eigenvalue weighted by atomic mass is 15.3. The van der Waals surface area contributed by atoms with Gasteiger partial charge in [-0.3, -0.25) is 9.98 Å². The summed E-state index contributed by atoms with van der Waals surface area (Å²) in [5, 5.41) is 4.65. The number of aromatic nitrogens is 4. The summed E-state index contributed by atoms with van der Waals surface area (Å²) >= 11 is 0. The molecule has 3 aromatic rings. The van der Waals surface area contributed by atoms with Gasteiger partial charge >= 0.3 is 0 Å². The van der Waals surface area contributed by atoms with Crippen molar-refractivity contribution >= 4 is 23.1 Å². The van der Waals surface area contributed by atoms with E-state index >= 15 is 0 Å². The van der Waals surface area contributed by atoms with Crippen LogP contribution in [-0.4, -0.2) is 45.9 Å². The van der Waals surface area contributed by atoms with Gasteiger partial charge in [-0.1, -0.05) is 12.6 Å². The molecule has 1 aliphatic carbocycles. The van der Waals surface area contributed by atoms with Crippen LogP contribution in [0.1, 0.15) is 48.5 Å². The molecule has 1 atom stereocenters. The molecule has 1 fully saturated rings. The fraction of sp³-hybridized carbons (Fsp3) is 0.385. The van der Waals surface area contributed by atoms with Gasteiger partial charge in [0.25, 0.3) is 0 Å². The predicted molar refractivity (Wildman–Crippen MR) is 134 cm³/mol. The predicted octanol–water partition coefficient (Wildman–Crippen LogP) is 3.94. The summed E-state index contributed by atoms with van der Waals surface area (Å²) < 4.78 is 1.99. The number of allylic oxidation sites excluding steroid dienone is 3. The summed E-state index contributed by atoms with van der Waals surface area (Å²) in [5.74, 6) is 0.982. The van der Waals surface area contributed by atoms with E-state index in [4.69, 9.17) is 10.7 Å². The number of nitrogens with zero attached hydrogens (tertiary/aromatic N) is 6. The molecular formula is C26H31N7. The summed E-state index contributed by atoms with van der Waals surface area (Å²) in [7, 11) is 1.76. The van der Waals surface area contributed by atoms with Gasteiger partial charge in [0.15, 0.2) is 5.82 Å². The fourth-order valence-corrected chi connectivity index (χ4v) is 5.49. The van der Waals surface area contributed by atoms with E-state index in [-0.39, 0.29) is 11.5 Å². The van der Waals surface area contributed by atoms with Crippen molar-refractivity contribution in [2.75, 3.05) is 25.0 Å². The van der Waals surface area contributed by atoms with E-state index in [0.717, 1.165) is 66.2 Å². The van der Waals surface area contributed by atoms with Crippen molar-refractivity contribution in [2.24, 2.45) is 16.1 Å². The lowest BCUT2D eigenvalue weighted by Gasteiger charge is -2.42. The van der Waals surface area contributed by atoms with E-state index in [2.05, 4.69) is 32.6 Å². The topological polar surface area (TPSA) is 84.7 Å². The van der Waals surface area contributed by atoms with E-state index in [0.29, 0.717) is 0 Å². The number of nitrogens with two attached hydrogens (primary N) is 1. The lowest BCUT2D eigenvalue weighted by molar-refractivity contribution is 0.187. The molecule has 7 nitrogen and oxygen atoms in total. The zero-order valence-electron chi connectivity index (χ0n) is 19.6. The molecule has 1 aliphatic heterocycles. The molecule has 170 valence electrons. The van der Waals surface area contributed by atoms with Crippen LogP contribution in [0, 0.1) is 12.3 Å². The highest BCUT2D eigenvalue weighted by Crippen LogP contribution is 2.50. The van der Waals surface area contributed by atoms with Gasteiger partial charge in [0.2, 0.25) is 0 Å². The van der Waals surface area contributed by atoms with Gasteiger partial charge in [-0.2, -0.15) is 5.10 Å². The second-order valence-electron chi connectivity index (χ2n) is 9.31. The number of hydrogen-bond donors (Lipinski definition) is 1. The molecule has 0 radical (unpaired) electrons. The monoisotopic (exact) mass is 441 g/mol. The molecule has 1 spiro atoms. The number of pyridine rings is 1. The first-order chi connectivity index (χ1) is 15.9. The molecule has 0 bridgehead atoms. The Bertz CT molecular complexity index is 1280. The van der Waals surface area contributed by atoms with Crippen LogP contribution in [-0.2, 0) is 6.42 Å². The lowest BCUT2D eigenvalue weighted by atomic mass is 9.73. The molecule has 2 N–H and O–H groups in total. The van der Waals surface area contributed by atoms with Crippen LogP contribution in [0.5, 0.6) is 0 Å². The third-order valence-electron chi connectivity index (χ3n) is 7.30. The largest absolute Gasteiger partial charge is 0.355 e. The number of rotatable bonds is 4. The van der Waals surface area contributed by atoms with Crippen molar-refractivity contribution in [2.45, 2.75) is 39.2 Å². The third kappa shape index (κ3) is 3.47. The molecule has 0 amide bonds. The summed E-state index contributed by atoms with van der Waals surface area (Å²) in [4.78, 5) is 16.2. The standard InChI is InChI=1S/C26H31N7/c1-17(2)19(7-12-28-4)23-18(3)31-25(22-8-13-30-33(22)23)32-14-9-26(10-15-32)16-21-20(24(26)27)6-5-11-29-21/h5-8,11-13,24H,1,9-10,14-16,27H2,2-4H3/b19-7+,28-12-/t24-/m1/s1. The van der Waals surface area contributed by atoms with Crippen LogP contribution in [0.15, 0.2) is 53.8 Å². The SMILES string of the molecule is C=C(C)/C(=C\C=N/C)c1c(C)nc(N2CCC3(CC2)Cc2ncccc2[C@H]3N)c2ccnn12. The van der Waals surface area contributed by atoms with Crippen molar-refractivity contribution in [3.8, 4) is 0 Å². The maximum Gasteiger partial charge on any atom is 0.155 e. The molecule has 4 heterocycles. The Kier molecular flexibility index (Phi) is 5.37. The Hall–Kier alpha value is -3.32. The molecule has 33 heavy (non-hydrogen) atoms. The molecule has 2 aliphatic rings. The Morgan fingerprint density at radius 1 is 1.27 bits per heavy atom. The normalized spacial score (nSPS) is 20.2. The van der Waals surface area contributed by atoms with Gasteiger partial charge in [-0.25, -0.2) is 9.50 Å². The van der Waals surface area contributed by atoms with Crippen LogP contribution in [0.25, 0.3) is 11.1 Å². The fourth-order valence-electron chi connectivity index (χ4n) is 5.49. The van der Waals surface area contributed by atoms with E-state index < -0.39 is 0 Å². The third-order valence-corrected chi connectivity index (χ3v) is 7.30. The Labute approximate surface area is 194 Å². The minimum atomic E-state index is 0.0545. The first-order valence-corrected chi connectivity index (χ1v) is 11.5. The van der Waals surface area contributed by atoms with Gasteiger partial charge in [0.1, 0.15) is 5.52 Å². The smallest absolute Gasteiger partial charge is 0.155 e. The second kappa shape index (κ2) is 8.23. The molecule has 7 heteroatoms. The average Bonchev–Trinajstić information content (AvgIpc) is 3.39. The highest BCUT2D eigenvalue weighted by Gasteiger charge is 2.46. The van der Waals surface area contributed by atoms with Gasteiger partial charge in [-0.05, 0) is 67.9 Å². The zero-order valence-corrected chi connectivity index (χ0v) is 19.6. The van der Waals surface area contributed by atoms with Crippen molar-refractivity contribution in [3.63, 3.8) is 0 Å². The van der Waals surface area contributed by atoms with Crippen molar-refractivity contribution < 1.29 is 0 Å². The van der Waals surface area contributed by atoms with Gasteiger partial charge < -0.3 is 10.6 Å². The number of fused-ring (bicyclic) bond motifs is 2. The molecule has 0 saturated carbocycles. The Morgan fingerprint density at radius 3 is 2.76 bits per heavy atom. The maximum absolute atomic E-state index is 6.75. The molecule has 1 saturated heterocycles. The molecule has 5 rings (SSSR count). The molecular weight excluding hydrogens is 410 g/mol. The van der Waals surface area contributed by atoms with Crippen molar-refractivity contribution in [1.82, 2.24) is 19.6 Å². The summed E-state index contributed by atoms with van der Waals surface area (Å²) in [5.41, 5.74) is 14.1. The first kappa shape index (κ1) is 21.5. The van der Waals surface area contributed by atoms with E-state index in [9.17, 15) is 0 Å². The van der Waals surface area contributed by atoms with Gasteiger partial charge in [0.05, 0.1) is 17.6 Å². The molecule has 0 unspecified atom stereocenters. The van der Waals surface area contributed by atoms with E-state index in [1.807, 2.05) is 49.0 Å². The average molecular weight is 442 g/mol. The quantitative estimate of drug-likeness (QED) is 0.490. The number of anilines is 1. The molecule has 0 aromatic carbocycles. The maximum atomic E-state index is 6.75. The van der Waals surface area contributed by atoms with Gasteiger partial charge in [-0.15, -0.1) is 0 Å². The number of aliphatic imine (C=N–C) groups is 1. The van der Waals surface area contributed by atoms with Crippen LogP contribution < -0.4 is 10.6 Å². The van der Waals surface area contributed by atoms with Crippen molar-refractivity contribution in [3.05, 3.63) is 71.5 Å². The first-order valence-electron chi connectivity index (χ1n) is 11.5. The minimum absolute atomic E-state index is 0.0545. The second-order valence-corrected chi connectivity index (χ2v) is 9.31. The number of aryl methyl sites for hydroxylation is 1.